The summed E-state index contributed by atoms with van der Waals surface area (Å²) >= 11 is 1.95. The summed E-state index contributed by atoms with van der Waals surface area (Å²) in [6.07, 6.45) is 0. The third kappa shape index (κ3) is 3.70. The molecular weight excluding hydrogens is 386 g/mol. The van der Waals surface area contributed by atoms with Gasteiger partial charge in [-0.15, -0.1) is 0 Å². The maximum absolute atomic E-state index is 13.7. The first-order chi connectivity index (χ1) is 10.0. The fourth-order valence-corrected chi connectivity index (χ4v) is 2.03. The average Bonchev–Trinajstić information content (AvgIpc) is 2.48. The van der Waals surface area contributed by atoms with E-state index < -0.39 is 11.7 Å². The lowest BCUT2D eigenvalue weighted by atomic mass is 10.1. The number of amides is 1. The van der Waals surface area contributed by atoms with Gasteiger partial charge in [0.05, 0.1) is 15.2 Å². The first-order valence-electron chi connectivity index (χ1n) is 5.96. The molecule has 106 valence electrons. The van der Waals surface area contributed by atoms with Crippen molar-refractivity contribution < 1.29 is 14.3 Å². The third-order valence-corrected chi connectivity index (χ3v) is 3.74. The standard InChI is InChI=1S/C15H10FIN2O2/c16-12-5-9(7-18)1-2-11(12)8-19-15(21)10-3-4-13(17)14(20)6-10/h1-6,20H,8H2,(H,19,21). The fraction of sp³-hybridized carbons (Fsp3) is 0.0667. The maximum atomic E-state index is 13.7. The Bertz CT molecular complexity index is 741. The molecule has 0 saturated carbocycles. The summed E-state index contributed by atoms with van der Waals surface area (Å²) < 4.78 is 14.3. The Balaban J connectivity index is 2.07. The lowest BCUT2D eigenvalue weighted by Crippen LogP contribution is -2.23. The molecule has 6 heteroatoms. The molecule has 2 aromatic carbocycles. The van der Waals surface area contributed by atoms with E-state index in [9.17, 15) is 14.3 Å². The summed E-state index contributed by atoms with van der Waals surface area (Å²) in [5, 5.41) is 20.8. The summed E-state index contributed by atoms with van der Waals surface area (Å²) in [5.41, 5.74) is 0.809. The summed E-state index contributed by atoms with van der Waals surface area (Å²) in [4.78, 5) is 11.9. The van der Waals surface area contributed by atoms with Crippen LogP contribution in [0, 0.1) is 20.7 Å². The number of nitrogens with zero attached hydrogens (tertiary/aromatic N) is 1. The van der Waals surface area contributed by atoms with Crippen molar-refractivity contribution in [2.24, 2.45) is 0 Å². The van der Waals surface area contributed by atoms with Gasteiger partial charge in [-0.3, -0.25) is 4.79 Å². The molecule has 0 saturated heterocycles. The van der Waals surface area contributed by atoms with Crippen molar-refractivity contribution >= 4 is 28.5 Å². The predicted octanol–water partition coefficient (Wildman–Crippen LogP) is 2.94. The lowest BCUT2D eigenvalue weighted by molar-refractivity contribution is 0.0950. The van der Waals surface area contributed by atoms with E-state index in [-0.39, 0.29) is 23.4 Å². The fourth-order valence-electron chi connectivity index (χ4n) is 1.69. The Morgan fingerprint density at radius 2 is 2.10 bits per heavy atom. The molecule has 0 unspecified atom stereocenters. The van der Waals surface area contributed by atoms with E-state index in [1.807, 2.05) is 28.7 Å². The van der Waals surface area contributed by atoms with Gasteiger partial charge in [-0.2, -0.15) is 5.26 Å². The number of nitriles is 1. The van der Waals surface area contributed by atoms with Gasteiger partial charge in [0.1, 0.15) is 11.6 Å². The van der Waals surface area contributed by atoms with Crippen LogP contribution in [0.25, 0.3) is 0 Å². The largest absolute Gasteiger partial charge is 0.507 e. The van der Waals surface area contributed by atoms with Crippen molar-refractivity contribution in [1.82, 2.24) is 5.32 Å². The van der Waals surface area contributed by atoms with Gasteiger partial charge in [-0.1, -0.05) is 6.07 Å². The number of benzene rings is 2. The van der Waals surface area contributed by atoms with E-state index in [1.165, 1.54) is 18.2 Å². The minimum atomic E-state index is -0.542. The molecule has 0 fully saturated rings. The van der Waals surface area contributed by atoms with Crippen LogP contribution in [0.2, 0.25) is 0 Å². The number of phenols is 1. The molecule has 4 nitrogen and oxygen atoms in total. The summed E-state index contributed by atoms with van der Waals surface area (Å²) in [6, 6.07) is 10.5. The maximum Gasteiger partial charge on any atom is 0.251 e. The number of phenolic OH excluding ortho intramolecular Hbond substituents is 1. The Morgan fingerprint density at radius 1 is 1.33 bits per heavy atom. The average molecular weight is 396 g/mol. The van der Waals surface area contributed by atoms with Crippen molar-refractivity contribution in [3.63, 3.8) is 0 Å². The minimum Gasteiger partial charge on any atom is -0.507 e. The highest BCUT2D eigenvalue weighted by atomic mass is 127. The first kappa shape index (κ1) is 15.3. The highest BCUT2D eigenvalue weighted by molar-refractivity contribution is 14.1. The van der Waals surface area contributed by atoms with Crippen LogP contribution >= 0.6 is 22.6 Å². The molecule has 0 heterocycles. The molecule has 1 amide bonds. The van der Waals surface area contributed by atoms with Gasteiger partial charge in [-0.05, 0) is 52.9 Å². The normalized spacial score (nSPS) is 9.95. The number of aromatic hydroxyl groups is 1. The van der Waals surface area contributed by atoms with Crippen LogP contribution in [0.1, 0.15) is 21.5 Å². The quantitative estimate of drug-likeness (QED) is 0.784. The number of halogens is 2. The Kier molecular flexibility index (Phi) is 4.75. The van der Waals surface area contributed by atoms with Crippen molar-refractivity contribution in [3.8, 4) is 11.8 Å². The van der Waals surface area contributed by atoms with Gasteiger partial charge in [0.15, 0.2) is 0 Å². The Labute approximate surface area is 134 Å². The molecule has 2 rings (SSSR count). The van der Waals surface area contributed by atoms with E-state index in [4.69, 9.17) is 5.26 Å². The second-order valence-corrected chi connectivity index (χ2v) is 5.43. The SMILES string of the molecule is N#Cc1ccc(CNC(=O)c2ccc(I)c(O)c2)c(F)c1. The van der Waals surface area contributed by atoms with Gasteiger partial charge in [0.25, 0.3) is 5.91 Å². The van der Waals surface area contributed by atoms with Gasteiger partial charge in [0, 0.05) is 17.7 Å². The number of nitrogens with one attached hydrogen (secondary N) is 1. The molecular formula is C15H10FIN2O2. The first-order valence-corrected chi connectivity index (χ1v) is 7.04. The van der Waals surface area contributed by atoms with Crippen LogP contribution in [-0.2, 0) is 6.54 Å². The van der Waals surface area contributed by atoms with Gasteiger partial charge < -0.3 is 10.4 Å². The molecule has 0 spiro atoms. The van der Waals surface area contributed by atoms with E-state index in [1.54, 1.807) is 12.1 Å². The van der Waals surface area contributed by atoms with E-state index in [2.05, 4.69) is 5.32 Å². The predicted molar refractivity (Wildman–Crippen MR) is 83.1 cm³/mol. The van der Waals surface area contributed by atoms with Crippen molar-refractivity contribution in [1.29, 1.82) is 5.26 Å². The number of rotatable bonds is 3. The molecule has 0 aromatic heterocycles. The second-order valence-electron chi connectivity index (χ2n) is 4.27. The van der Waals surface area contributed by atoms with E-state index in [0.29, 0.717) is 9.13 Å². The zero-order valence-electron chi connectivity index (χ0n) is 10.7. The second kappa shape index (κ2) is 6.54. The summed E-state index contributed by atoms with van der Waals surface area (Å²) in [5.74, 6) is -0.932. The van der Waals surface area contributed by atoms with Crippen molar-refractivity contribution in [2.75, 3.05) is 0 Å². The summed E-state index contributed by atoms with van der Waals surface area (Å²) in [7, 11) is 0. The molecule has 2 aromatic rings. The van der Waals surface area contributed by atoms with Crippen LogP contribution in [-0.4, -0.2) is 11.0 Å². The lowest BCUT2D eigenvalue weighted by Gasteiger charge is -2.07. The molecule has 0 aliphatic heterocycles. The molecule has 0 aliphatic rings. The smallest absolute Gasteiger partial charge is 0.251 e. The molecule has 2 N–H and O–H groups in total. The van der Waals surface area contributed by atoms with E-state index in [0.717, 1.165) is 6.07 Å². The number of carbonyl (C=O) groups is 1. The zero-order chi connectivity index (χ0) is 15.4. The molecule has 0 radical (unpaired) electrons. The van der Waals surface area contributed by atoms with Crippen LogP contribution in [0.3, 0.4) is 0 Å². The van der Waals surface area contributed by atoms with Crippen LogP contribution in [0.4, 0.5) is 4.39 Å². The molecule has 0 aliphatic carbocycles. The van der Waals surface area contributed by atoms with Crippen molar-refractivity contribution in [2.45, 2.75) is 6.54 Å². The Hall–Kier alpha value is -2.14. The minimum absolute atomic E-state index is 0.00310. The highest BCUT2D eigenvalue weighted by Gasteiger charge is 2.10. The number of carbonyl (C=O) groups excluding carboxylic acids is 1. The monoisotopic (exact) mass is 396 g/mol. The Morgan fingerprint density at radius 3 is 2.71 bits per heavy atom. The van der Waals surface area contributed by atoms with Crippen LogP contribution in [0.5, 0.6) is 5.75 Å². The highest BCUT2D eigenvalue weighted by Crippen LogP contribution is 2.20. The van der Waals surface area contributed by atoms with Crippen LogP contribution in [0.15, 0.2) is 36.4 Å². The van der Waals surface area contributed by atoms with Crippen LogP contribution < -0.4 is 5.32 Å². The summed E-state index contributed by atoms with van der Waals surface area (Å²) in [6.45, 7) is 0.00310. The van der Waals surface area contributed by atoms with Gasteiger partial charge in [0.2, 0.25) is 0 Å². The van der Waals surface area contributed by atoms with Crippen molar-refractivity contribution in [3.05, 3.63) is 62.5 Å². The topological polar surface area (TPSA) is 73.1 Å². The zero-order valence-corrected chi connectivity index (χ0v) is 12.9. The number of hydrogen-bond donors (Lipinski definition) is 2. The molecule has 21 heavy (non-hydrogen) atoms. The van der Waals surface area contributed by atoms with E-state index >= 15 is 0 Å². The molecule has 0 atom stereocenters. The van der Waals surface area contributed by atoms with Gasteiger partial charge in [-0.25, -0.2) is 4.39 Å². The molecule has 0 bridgehead atoms. The number of hydrogen-bond acceptors (Lipinski definition) is 3. The third-order valence-electron chi connectivity index (χ3n) is 2.83. The van der Waals surface area contributed by atoms with Gasteiger partial charge >= 0.3 is 0 Å².